The van der Waals surface area contributed by atoms with Gasteiger partial charge in [-0.05, 0) is 13.1 Å². The van der Waals surface area contributed by atoms with Crippen LogP contribution in [0.4, 0.5) is 0 Å². The summed E-state index contributed by atoms with van der Waals surface area (Å²) in [4.78, 5) is 2.51. The van der Waals surface area contributed by atoms with E-state index in [0.717, 1.165) is 13.1 Å². The van der Waals surface area contributed by atoms with E-state index in [-0.39, 0.29) is 0 Å². The van der Waals surface area contributed by atoms with E-state index >= 15 is 0 Å². The molecule has 0 bridgehead atoms. The average Bonchev–Trinajstić information content (AvgIpc) is 2.06. The first kappa shape index (κ1) is 10.2. The first-order chi connectivity index (χ1) is 5.64. The lowest BCUT2D eigenvalue weighted by Gasteiger charge is -2.32. The van der Waals surface area contributed by atoms with Crippen LogP contribution in [0.3, 0.4) is 0 Å². The molecule has 1 N–H and O–H groups in total. The summed E-state index contributed by atoms with van der Waals surface area (Å²) in [6.45, 7) is 9.17. The zero-order valence-electron chi connectivity index (χ0n) is 8.39. The van der Waals surface area contributed by atoms with Crippen LogP contribution < -0.4 is 5.32 Å². The maximum atomic E-state index is 5.52. The number of hydrogen-bond donors (Lipinski definition) is 1. The number of nitrogens with zero attached hydrogens (tertiary/aromatic N) is 1. The molecule has 1 fully saturated rings. The van der Waals surface area contributed by atoms with Crippen LogP contribution in [0, 0.1) is 0 Å². The lowest BCUT2D eigenvalue weighted by atomic mass is 10.4. The third-order valence-electron chi connectivity index (χ3n) is 2.37. The van der Waals surface area contributed by atoms with Gasteiger partial charge in [0, 0.05) is 39.5 Å². The molecular formula is C8H20N2OSi. The summed E-state index contributed by atoms with van der Waals surface area (Å²) in [6, 6.07) is 0. The first-order valence-corrected chi connectivity index (χ1v) is 7.74. The summed E-state index contributed by atoms with van der Waals surface area (Å²) in [7, 11) is 0.475. The van der Waals surface area contributed by atoms with Crippen molar-refractivity contribution in [3.63, 3.8) is 0 Å². The highest BCUT2D eigenvalue weighted by Gasteiger charge is 2.24. The van der Waals surface area contributed by atoms with Crippen LogP contribution in [0.1, 0.15) is 0 Å². The minimum atomic E-state index is -1.37. The van der Waals surface area contributed by atoms with Crippen LogP contribution >= 0.6 is 0 Å². The first-order valence-electron chi connectivity index (χ1n) is 4.62. The molecule has 0 unspecified atom stereocenters. The van der Waals surface area contributed by atoms with Gasteiger partial charge in [-0.1, -0.05) is 0 Å². The number of piperazine rings is 1. The van der Waals surface area contributed by atoms with Crippen molar-refractivity contribution in [1.29, 1.82) is 0 Å². The average molecular weight is 188 g/mol. The summed E-state index contributed by atoms with van der Waals surface area (Å²) in [5.41, 5.74) is 0. The number of nitrogens with one attached hydrogen (secondary N) is 1. The fourth-order valence-corrected chi connectivity index (χ4v) is 2.99. The second-order valence-electron chi connectivity index (χ2n) is 3.99. The van der Waals surface area contributed by atoms with Gasteiger partial charge in [0.1, 0.15) is 0 Å². The Morgan fingerprint density at radius 3 is 2.42 bits per heavy atom. The molecule has 1 saturated heterocycles. The van der Waals surface area contributed by atoms with E-state index < -0.39 is 8.32 Å². The molecule has 0 spiro atoms. The smallest absolute Gasteiger partial charge is 0.199 e. The predicted molar refractivity (Wildman–Crippen MR) is 53.8 cm³/mol. The van der Waals surface area contributed by atoms with Crippen LogP contribution in [0.2, 0.25) is 13.1 Å². The third kappa shape index (κ3) is 3.22. The predicted octanol–water partition coefficient (Wildman–Crippen LogP) is 0.282. The van der Waals surface area contributed by atoms with Crippen LogP contribution in [-0.4, -0.2) is 52.7 Å². The van der Waals surface area contributed by atoms with E-state index in [0.29, 0.717) is 0 Å². The van der Waals surface area contributed by atoms with Gasteiger partial charge in [-0.2, -0.15) is 0 Å². The Bertz CT molecular complexity index is 135. The second-order valence-corrected chi connectivity index (χ2v) is 8.23. The lowest BCUT2D eigenvalue weighted by Crippen LogP contribution is -2.51. The maximum absolute atomic E-state index is 5.52. The largest absolute Gasteiger partial charge is 0.419 e. The van der Waals surface area contributed by atoms with Gasteiger partial charge >= 0.3 is 0 Å². The monoisotopic (exact) mass is 188 g/mol. The van der Waals surface area contributed by atoms with Crippen molar-refractivity contribution >= 4 is 8.32 Å². The zero-order chi connectivity index (χ0) is 9.03. The van der Waals surface area contributed by atoms with Gasteiger partial charge in [-0.3, -0.25) is 0 Å². The van der Waals surface area contributed by atoms with Gasteiger partial charge in [-0.15, -0.1) is 0 Å². The van der Waals surface area contributed by atoms with Crippen LogP contribution in [0.15, 0.2) is 0 Å². The Morgan fingerprint density at radius 2 is 1.92 bits per heavy atom. The van der Waals surface area contributed by atoms with Crippen molar-refractivity contribution in [2.75, 3.05) is 39.5 Å². The molecule has 1 heterocycles. The van der Waals surface area contributed by atoms with Gasteiger partial charge in [0.2, 0.25) is 0 Å². The van der Waals surface area contributed by atoms with Crippen molar-refractivity contribution in [2.24, 2.45) is 0 Å². The molecule has 0 aliphatic carbocycles. The number of rotatable bonds is 3. The zero-order valence-corrected chi connectivity index (χ0v) is 9.39. The minimum absolute atomic E-state index is 1.13. The molecule has 0 radical (unpaired) electrons. The van der Waals surface area contributed by atoms with Crippen LogP contribution in [-0.2, 0) is 4.43 Å². The molecule has 0 amide bonds. The molecule has 0 aromatic heterocycles. The van der Waals surface area contributed by atoms with Crippen molar-refractivity contribution in [3.8, 4) is 0 Å². The third-order valence-corrected chi connectivity index (χ3v) is 4.68. The van der Waals surface area contributed by atoms with E-state index in [4.69, 9.17) is 4.43 Å². The summed E-state index contributed by atoms with van der Waals surface area (Å²) in [5.74, 6) is 0. The highest BCUT2D eigenvalue weighted by Crippen LogP contribution is 2.05. The van der Waals surface area contributed by atoms with Gasteiger partial charge in [0.25, 0.3) is 0 Å². The van der Waals surface area contributed by atoms with E-state index in [1.807, 2.05) is 7.11 Å². The Kier molecular flexibility index (Phi) is 3.70. The SMILES string of the molecule is CO[Si](C)(C)CN1CCNCC1. The topological polar surface area (TPSA) is 24.5 Å². The molecule has 0 atom stereocenters. The highest BCUT2D eigenvalue weighted by molar-refractivity contribution is 6.71. The molecule has 72 valence electrons. The summed E-state index contributed by atoms with van der Waals surface area (Å²) in [5, 5.41) is 3.35. The van der Waals surface area contributed by atoms with Crippen molar-refractivity contribution in [3.05, 3.63) is 0 Å². The Morgan fingerprint density at radius 1 is 1.33 bits per heavy atom. The van der Waals surface area contributed by atoms with Crippen LogP contribution in [0.25, 0.3) is 0 Å². The summed E-state index contributed by atoms with van der Waals surface area (Å²) in [6.07, 6.45) is 1.17. The van der Waals surface area contributed by atoms with Crippen molar-refractivity contribution < 1.29 is 4.43 Å². The molecule has 4 heteroatoms. The van der Waals surface area contributed by atoms with Gasteiger partial charge in [0.05, 0.1) is 0 Å². The molecule has 0 aromatic rings. The molecule has 1 rings (SSSR count). The molecular weight excluding hydrogens is 168 g/mol. The Hall–Kier alpha value is 0.0969. The molecule has 0 aromatic carbocycles. The van der Waals surface area contributed by atoms with Crippen molar-refractivity contribution in [1.82, 2.24) is 10.2 Å². The van der Waals surface area contributed by atoms with Gasteiger partial charge in [0.15, 0.2) is 8.32 Å². The Balaban J connectivity index is 2.28. The molecule has 0 saturated carbocycles. The standard InChI is InChI=1S/C8H20N2OSi/c1-11-12(2,3)8-10-6-4-9-5-7-10/h9H,4-8H2,1-3H3. The molecule has 1 aliphatic heterocycles. The summed E-state index contributed by atoms with van der Waals surface area (Å²) < 4.78 is 5.52. The second kappa shape index (κ2) is 4.37. The maximum Gasteiger partial charge on any atom is 0.199 e. The van der Waals surface area contributed by atoms with E-state index in [1.54, 1.807) is 0 Å². The molecule has 1 aliphatic rings. The Labute approximate surface area is 76.2 Å². The lowest BCUT2D eigenvalue weighted by molar-refractivity contribution is 0.255. The quantitative estimate of drug-likeness (QED) is 0.644. The van der Waals surface area contributed by atoms with Gasteiger partial charge < -0.3 is 14.6 Å². The van der Waals surface area contributed by atoms with E-state index in [1.165, 1.54) is 19.3 Å². The van der Waals surface area contributed by atoms with Crippen LogP contribution in [0.5, 0.6) is 0 Å². The van der Waals surface area contributed by atoms with Gasteiger partial charge in [-0.25, -0.2) is 0 Å². The molecule has 12 heavy (non-hydrogen) atoms. The normalized spacial score (nSPS) is 21.2. The summed E-state index contributed by atoms with van der Waals surface area (Å²) >= 11 is 0. The highest BCUT2D eigenvalue weighted by atomic mass is 28.4. The van der Waals surface area contributed by atoms with E-state index in [2.05, 4.69) is 23.3 Å². The fraction of sp³-hybridized carbons (Fsp3) is 1.00. The van der Waals surface area contributed by atoms with E-state index in [9.17, 15) is 0 Å². The fourth-order valence-electron chi connectivity index (χ4n) is 1.47. The number of hydrogen-bond acceptors (Lipinski definition) is 3. The van der Waals surface area contributed by atoms with Crippen molar-refractivity contribution in [2.45, 2.75) is 13.1 Å². The minimum Gasteiger partial charge on any atom is -0.419 e. The molecule has 3 nitrogen and oxygen atoms in total.